The first-order valence-corrected chi connectivity index (χ1v) is 23.9. The molecule has 0 fully saturated rings. The number of aryl methyl sites for hydroxylation is 1. The fraction of sp³-hybridized carbons (Fsp3) is 0.159. The van der Waals surface area contributed by atoms with Gasteiger partial charge in [-0.15, -0.1) is 0 Å². The van der Waals surface area contributed by atoms with Crippen molar-refractivity contribution in [2.45, 2.75) is 59.5 Å². The molecule has 0 aromatic heterocycles. The third-order valence-electron chi connectivity index (χ3n) is 15.1. The van der Waals surface area contributed by atoms with Gasteiger partial charge in [0.2, 0.25) is 5.91 Å². The molecule has 69 heavy (non-hydrogen) atoms. The van der Waals surface area contributed by atoms with Crippen molar-refractivity contribution < 1.29 is 14.4 Å². The summed E-state index contributed by atoms with van der Waals surface area (Å²) in [5, 5.41) is 6.61. The van der Waals surface area contributed by atoms with Crippen molar-refractivity contribution >= 4 is 66.9 Å². The van der Waals surface area contributed by atoms with Crippen molar-refractivity contribution in [3.63, 3.8) is 0 Å². The average Bonchev–Trinajstić information content (AvgIpc) is 3.70. The summed E-state index contributed by atoms with van der Waals surface area (Å²) in [7, 11) is 2.06. The number of hydrogen-bond acceptors (Lipinski definition) is 4. The molecule has 0 spiro atoms. The largest absolute Gasteiger partial charge is 0.349 e. The van der Waals surface area contributed by atoms with Gasteiger partial charge in [0.1, 0.15) is 6.17 Å². The molecule has 11 rings (SSSR count). The molecule has 0 N–H and O–H groups in total. The molecule has 3 amide bonds. The number of rotatable bonds is 6. The van der Waals surface area contributed by atoms with Crippen LogP contribution in [-0.4, -0.2) is 34.6 Å². The number of imide groups is 1. The maximum Gasteiger partial charge on any atom is 0.265 e. The highest BCUT2D eigenvalue weighted by Gasteiger charge is 2.42. The van der Waals surface area contributed by atoms with Crippen LogP contribution in [0.1, 0.15) is 107 Å². The van der Waals surface area contributed by atoms with E-state index in [4.69, 9.17) is 0 Å². The van der Waals surface area contributed by atoms with Crippen LogP contribution in [0.2, 0.25) is 0 Å². The number of fused-ring (bicyclic) bond motifs is 9. The summed E-state index contributed by atoms with van der Waals surface area (Å²) < 4.78 is 0. The summed E-state index contributed by atoms with van der Waals surface area (Å²) in [5.41, 5.74) is 15.6. The Bertz CT molecular complexity index is 3640. The Labute approximate surface area is 403 Å². The first-order valence-electron chi connectivity index (χ1n) is 23.9. The van der Waals surface area contributed by atoms with Gasteiger partial charge >= 0.3 is 0 Å². The van der Waals surface area contributed by atoms with E-state index in [-0.39, 0.29) is 29.8 Å². The van der Waals surface area contributed by atoms with Gasteiger partial charge in [0.15, 0.2) is 0 Å². The molecule has 7 aromatic carbocycles. The van der Waals surface area contributed by atoms with Crippen LogP contribution in [0, 0.1) is 6.92 Å². The molecular weight excluding hydrogens is 847 g/mol. The lowest BCUT2D eigenvalue weighted by molar-refractivity contribution is -0.119. The number of likely N-dealkylation sites (N-methyl/N-ethyl adjacent to an activating group) is 1. The zero-order valence-corrected chi connectivity index (χ0v) is 40.1. The van der Waals surface area contributed by atoms with Crippen molar-refractivity contribution in [3.05, 3.63) is 221 Å². The van der Waals surface area contributed by atoms with E-state index in [1.807, 2.05) is 91.7 Å². The average molecular weight is 900 g/mol. The highest BCUT2D eigenvalue weighted by Crippen LogP contribution is 2.53. The quantitative estimate of drug-likeness (QED) is 0.123. The Morgan fingerprint density at radius 1 is 0.681 bits per heavy atom. The van der Waals surface area contributed by atoms with Crippen molar-refractivity contribution in [1.82, 2.24) is 9.80 Å². The van der Waals surface area contributed by atoms with Crippen LogP contribution >= 0.6 is 0 Å². The molecule has 0 radical (unpaired) electrons. The fourth-order valence-corrected chi connectivity index (χ4v) is 11.5. The van der Waals surface area contributed by atoms with Crippen molar-refractivity contribution in [2.75, 3.05) is 11.9 Å². The van der Waals surface area contributed by atoms with Crippen LogP contribution < -0.4 is 4.90 Å². The summed E-state index contributed by atoms with van der Waals surface area (Å²) in [6.07, 6.45) is 15.8. The minimum Gasteiger partial charge on any atom is -0.349 e. The lowest BCUT2D eigenvalue weighted by Gasteiger charge is -2.37. The number of nitrogens with zero attached hydrogens (tertiary/aromatic N) is 3. The Hall–Kier alpha value is -8.09. The van der Waals surface area contributed by atoms with Crippen LogP contribution in [0.5, 0.6) is 0 Å². The smallest absolute Gasteiger partial charge is 0.265 e. The summed E-state index contributed by atoms with van der Waals surface area (Å²) in [6.45, 7) is 16.7. The molecule has 6 nitrogen and oxygen atoms in total. The molecule has 3 aliphatic heterocycles. The minimum atomic E-state index is -0.545. The summed E-state index contributed by atoms with van der Waals surface area (Å²) in [4.78, 5) is 48.2. The van der Waals surface area contributed by atoms with Crippen molar-refractivity contribution in [3.8, 4) is 22.3 Å². The summed E-state index contributed by atoms with van der Waals surface area (Å²) in [5.74, 6) is -1.17. The van der Waals surface area contributed by atoms with E-state index in [9.17, 15) is 14.4 Å². The number of anilines is 1. The fourth-order valence-electron chi connectivity index (χ4n) is 11.5. The second-order valence-electron chi connectivity index (χ2n) is 18.8. The van der Waals surface area contributed by atoms with E-state index in [0.717, 1.165) is 82.9 Å². The Morgan fingerprint density at radius 2 is 1.42 bits per heavy atom. The first-order chi connectivity index (χ1) is 33.5. The molecule has 2 bridgehead atoms. The van der Waals surface area contributed by atoms with Gasteiger partial charge in [0.05, 0.1) is 17.3 Å². The number of allylic oxidation sites excluding steroid dienone is 9. The third kappa shape index (κ3) is 6.49. The Kier molecular flexibility index (Phi) is 10.5. The van der Waals surface area contributed by atoms with Crippen molar-refractivity contribution in [2.24, 2.45) is 0 Å². The lowest BCUT2D eigenvalue weighted by Crippen LogP contribution is -2.45. The molecule has 1 aliphatic carbocycles. The predicted octanol–water partition coefficient (Wildman–Crippen LogP) is 15.1. The van der Waals surface area contributed by atoms with E-state index in [1.54, 1.807) is 0 Å². The second-order valence-corrected chi connectivity index (χ2v) is 18.8. The second kappa shape index (κ2) is 16.6. The molecule has 0 saturated heterocycles. The van der Waals surface area contributed by atoms with Gasteiger partial charge in [-0.2, -0.15) is 0 Å². The zero-order valence-electron chi connectivity index (χ0n) is 40.1. The first kappa shape index (κ1) is 43.5. The zero-order chi connectivity index (χ0) is 48.0. The monoisotopic (exact) mass is 899 g/mol. The van der Waals surface area contributed by atoms with Crippen LogP contribution in [0.4, 0.5) is 5.69 Å². The minimum absolute atomic E-state index is 0.00827. The lowest BCUT2D eigenvalue weighted by atomic mass is 9.70. The van der Waals surface area contributed by atoms with Gasteiger partial charge in [-0.3, -0.25) is 19.3 Å². The Morgan fingerprint density at radius 3 is 2.19 bits per heavy atom. The number of carbonyl (C=O) groups is 3. The molecule has 3 heterocycles. The standard InChI is InChI=1S/C63H53N3O3/c1-9-12-14-20-43-35-65-60(64(43)8)51-24-21-37(5)45-28-30-47(57-44(36(4)11-3)27-29-48(58(45)57)41-23-26-52(62(65)68)55(51)34-41)40-22-25-49-50-31-32-53-56(59(50)46(17-10-2)38(6)54(49)33-40)39(7)61(67)66(63(53)69)42-18-15-13-16-19-42/h9-35,38-39,60H,2H2,1,3-8H3/b12-9?,20-14-,36-11+,37-21?,46-17-,51-24?. The maximum atomic E-state index is 14.3. The number of hydrogen-bond donors (Lipinski definition) is 0. The van der Waals surface area contributed by atoms with Gasteiger partial charge in [0.25, 0.3) is 11.8 Å². The number of amides is 3. The van der Waals surface area contributed by atoms with Gasteiger partial charge in [-0.05, 0) is 171 Å². The molecule has 338 valence electrons. The molecule has 0 saturated carbocycles. The molecule has 3 atom stereocenters. The van der Waals surface area contributed by atoms with E-state index < -0.39 is 5.92 Å². The highest BCUT2D eigenvalue weighted by molar-refractivity contribution is 6.27. The normalized spacial score (nSPS) is 19.2. The highest BCUT2D eigenvalue weighted by atomic mass is 16.2. The van der Waals surface area contributed by atoms with E-state index >= 15 is 0 Å². The summed E-state index contributed by atoms with van der Waals surface area (Å²) >= 11 is 0. The van der Waals surface area contributed by atoms with Gasteiger partial charge in [0, 0.05) is 35.9 Å². The SMILES string of the molecule is C=C/C=C1\c2c(ccc3c2C(C)C(=O)N(c2ccccc2)C3=O)-c2ccc(-c3ccc4c(C)ccc5c6cc(ccc6C(=O)N6C=C(/C=C\C=CC)N(C)C56)c5ccc(/C(C)=C/C)c3c45)cc2C1C. The topological polar surface area (TPSA) is 60.9 Å². The van der Waals surface area contributed by atoms with Crippen LogP contribution in [0.15, 0.2) is 176 Å². The van der Waals surface area contributed by atoms with E-state index in [2.05, 4.69) is 137 Å². The predicted molar refractivity (Wildman–Crippen MR) is 285 cm³/mol. The number of carbonyl (C=O) groups excluding carboxylic acids is 3. The number of para-hydroxylation sites is 1. The summed E-state index contributed by atoms with van der Waals surface area (Å²) in [6, 6.07) is 39.9. The maximum absolute atomic E-state index is 14.3. The number of benzene rings is 6. The van der Waals surface area contributed by atoms with Crippen LogP contribution in [-0.2, 0) is 4.79 Å². The molecule has 6 heteroatoms. The molecule has 7 aromatic rings. The molecular formula is C63H53N3O3. The van der Waals surface area contributed by atoms with Crippen LogP contribution in [0.3, 0.4) is 0 Å². The van der Waals surface area contributed by atoms with Gasteiger partial charge in [-0.1, -0.05) is 129 Å². The van der Waals surface area contributed by atoms with Crippen molar-refractivity contribution in [1.29, 1.82) is 0 Å². The Balaban J connectivity index is 1.12. The molecule has 4 aliphatic rings. The van der Waals surface area contributed by atoms with Gasteiger partial charge < -0.3 is 4.90 Å². The molecule has 3 unspecified atom stereocenters. The van der Waals surface area contributed by atoms with E-state index in [0.29, 0.717) is 16.8 Å². The van der Waals surface area contributed by atoms with E-state index in [1.165, 1.54) is 26.8 Å². The van der Waals surface area contributed by atoms with Crippen LogP contribution in [0.25, 0.3) is 65.7 Å². The van der Waals surface area contributed by atoms with Gasteiger partial charge in [-0.25, -0.2) is 4.90 Å². The third-order valence-corrected chi connectivity index (χ3v) is 15.1.